The first-order valence-corrected chi connectivity index (χ1v) is 15.5. The van der Waals surface area contributed by atoms with Gasteiger partial charge >= 0.3 is 0 Å². The minimum atomic E-state index is -0.274. The van der Waals surface area contributed by atoms with Gasteiger partial charge in [0, 0.05) is 50.0 Å². The number of benzene rings is 7. The van der Waals surface area contributed by atoms with Gasteiger partial charge in [-0.3, -0.25) is 0 Å². The van der Waals surface area contributed by atoms with Gasteiger partial charge < -0.3 is 14.0 Å². The Labute approximate surface area is 265 Å². The highest BCUT2D eigenvalue weighted by Crippen LogP contribution is 2.42. The second kappa shape index (κ2) is 10.5. The predicted octanol–water partition coefficient (Wildman–Crippen LogP) is 11.5. The van der Waals surface area contributed by atoms with Crippen molar-refractivity contribution in [2.75, 3.05) is 4.90 Å². The summed E-state index contributed by atoms with van der Waals surface area (Å²) in [5, 5.41) is 4.67. The Morgan fingerprint density at radius 1 is 0.348 bits per heavy atom. The van der Waals surface area contributed by atoms with Crippen LogP contribution in [0.1, 0.15) is 0 Å². The van der Waals surface area contributed by atoms with Crippen LogP contribution < -0.4 is 4.90 Å². The van der Waals surface area contributed by atoms with Gasteiger partial charge in [-0.2, -0.15) is 0 Å². The smallest absolute Gasteiger partial charge is 0.125 e. The van der Waals surface area contributed by atoms with E-state index in [9.17, 15) is 4.39 Å². The lowest BCUT2D eigenvalue weighted by molar-refractivity contribution is 0.628. The van der Waals surface area contributed by atoms with E-state index in [4.69, 9.17) is 0 Å². The summed E-state index contributed by atoms with van der Waals surface area (Å²) in [6.07, 6.45) is 0. The molecular formula is C42H28FN3. The van der Waals surface area contributed by atoms with Gasteiger partial charge in [-0.15, -0.1) is 0 Å². The minimum absolute atomic E-state index is 0.274. The van der Waals surface area contributed by atoms with E-state index < -0.39 is 0 Å². The summed E-state index contributed by atoms with van der Waals surface area (Å²) >= 11 is 0. The first kappa shape index (κ1) is 26.3. The number of anilines is 3. The molecule has 0 saturated heterocycles. The van der Waals surface area contributed by atoms with Crippen LogP contribution in [0.4, 0.5) is 21.5 Å². The van der Waals surface area contributed by atoms with Gasteiger partial charge in [-0.05, 0) is 84.9 Å². The Balaban J connectivity index is 1.31. The SMILES string of the molecule is Fc1cccc(N(c2ccc3c(c2)c2ccccc2n3-c2ccccc2)c2ccc3c4ccccc4n(-c4ccccc4)c3c2)c1. The lowest BCUT2D eigenvalue weighted by atomic mass is 10.1. The quantitative estimate of drug-likeness (QED) is 0.193. The standard InChI is InChI=1S/C42H28FN3/c43-29-12-11-17-32(26-29)44(33-23-25-41-38(27-33)36-19-8-10-21-40(36)45(41)30-13-3-1-4-14-30)34-22-24-37-35-18-7-9-20-39(35)46(42(37)28-34)31-15-5-2-6-16-31/h1-28H. The maximum Gasteiger partial charge on any atom is 0.125 e. The fourth-order valence-electron chi connectivity index (χ4n) is 6.97. The highest BCUT2D eigenvalue weighted by Gasteiger charge is 2.20. The van der Waals surface area contributed by atoms with Gasteiger partial charge in [0.05, 0.1) is 22.1 Å². The second-order valence-corrected chi connectivity index (χ2v) is 11.6. The molecule has 4 heteroatoms. The normalized spacial score (nSPS) is 11.6. The molecule has 46 heavy (non-hydrogen) atoms. The number of rotatable bonds is 5. The molecule has 9 aromatic rings. The molecule has 0 aliphatic heterocycles. The van der Waals surface area contributed by atoms with Crippen LogP contribution >= 0.6 is 0 Å². The average Bonchev–Trinajstić information content (AvgIpc) is 3.62. The number of hydrogen-bond donors (Lipinski definition) is 0. The van der Waals surface area contributed by atoms with Crippen LogP contribution in [0.5, 0.6) is 0 Å². The van der Waals surface area contributed by atoms with Crippen molar-refractivity contribution in [2.24, 2.45) is 0 Å². The van der Waals surface area contributed by atoms with Crippen molar-refractivity contribution in [3.63, 3.8) is 0 Å². The fourth-order valence-corrected chi connectivity index (χ4v) is 6.97. The van der Waals surface area contributed by atoms with Crippen LogP contribution in [0.25, 0.3) is 55.0 Å². The molecule has 0 aliphatic rings. The fraction of sp³-hybridized carbons (Fsp3) is 0. The van der Waals surface area contributed by atoms with Crippen molar-refractivity contribution in [1.82, 2.24) is 9.13 Å². The van der Waals surface area contributed by atoms with Crippen LogP contribution in [-0.2, 0) is 0 Å². The molecule has 0 bridgehead atoms. The summed E-state index contributed by atoms with van der Waals surface area (Å²) < 4.78 is 19.5. The molecular weight excluding hydrogens is 565 g/mol. The topological polar surface area (TPSA) is 13.1 Å². The number of hydrogen-bond acceptors (Lipinski definition) is 1. The molecule has 3 nitrogen and oxygen atoms in total. The molecule has 0 N–H and O–H groups in total. The number of nitrogens with zero attached hydrogens (tertiary/aromatic N) is 3. The van der Waals surface area contributed by atoms with Crippen LogP contribution in [0.15, 0.2) is 170 Å². The third-order valence-corrected chi connectivity index (χ3v) is 8.93. The number of aromatic nitrogens is 2. The van der Waals surface area contributed by atoms with Crippen LogP contribution in [-0.4, -0.2) is 9.13 Å². The Morgan fingerprint density at radius 3 is 1.52 bits per heavy atom. The summed E-state index contributed by atoms with van der Waals surface area (Å²) in [7, 11) is 0. The Bertz CT molecular complexity index is 2540. The second-order valence-electron chi connectivity index (χ2n) is 11.6. The van der Waals surface area contributed by atoms with Gasteiger partial charge in [0.2, 0.25) is 0 Å². The number of fused-ring (bicyclic) bond motifs is 6. The van der Waals surface area contributed by atoms with Crippen LogP contribution in [0, 0.1) is 5.82 Å². The molecule has 0 atom stereocenters. The maximum absolute atomic E-state index is 14.9. The largest absolute Gasteiger partial charge is 0.310 e. The van der Waals surface area contributed by atoms with E-state index in [2.05, 4.69) is 147 Å². The Morgan fingerprint density at radius 2 is 0.848 bits per heavy atom. The molecule has 7 aromatic carbocycles. The van der Waals surface area contributed by atoms with Gasteiger partial charge in [0.1, 0.15) is 5.82 Å². The molecule has 2 aromatic heterocycles. The highest BCUT2D eigenvalue weighted by molar-refractivity contribution is 6.12. The van der Waals surface area contributed by atoms with Gasteiger partial charge in [-0.25, -0.2) is 4.39 Å². The first-order chi connectivity index (χ1) is 22.7. The number of halogens is 1. The lowest BCUT2D eigenvalue weighted by Gasteiger charge is -2.26. The van der Waals surface area contributed by atoms with Gasteiger partial charge in [0.25, 0.3) is 0 Å². The average molecular weight is 594 g/mol. The van der Waals surface area contributed by atoms with E-state index in [1.165, 1.54) is 22.2 Å². The van der Waals surface area contributed by atoms with E-state index in [1.54, 1.807) is 12.1 Å². The molecule has 0 amide bonds. The van der Waals surface area contributed by atoms with Crippen molar-refractivity contribution in [3.05, 3.63) is 176 Å². The van der Waals surface area contributed by atoms with E-state index in [1.807, 2.05) is 18.2 Å². The number of para-hydroxylation sites is 4. The van der Waals surface area contributed by atoms with E-state index in [0.717, 1.165) is 55.9 Å². The van der Waals surface area contributed by atoms with E-state index in [-0.39, 0.29) is 5.82 Å². The zero-order valence-corrected chi connectivity index (χ0v) is 24.9. The zero-order chi connectivity index (χ0) is 30.6. The molecule has 0 aliphatic carbocycles. The molecule has 0 radical (unpaired) electrons. The first-order valence-electron chi connectivity index (χ1n) is 15.5. The molecule has 9 rings (SSSR count). The van der Waals surface area contributed by atoms with Crippen molar-refractivity contribution in [3.8, 4) is 11.4 Å². The predicted molar refractivity (Wildman–Crippen MR) is 190 cm³/mol. The molecule has 2 heterocycles. The van der Waals surface area contributed by atoms with Crippen LogP contribution in [0.3, 0.4) is 0 Å². The van der Waals surface area contributed by atoms with Gasteiger partial charge in [0.15, 0.2) is 0 Å². The summed E-state index contributed by atoms with van der Waals surface area (Å²) in [6.45, 7) is 0. The van der Waals surface area contributed by atoms with Crippen molar-refractivity contribution < 1.29 is 4.39 Å². The Kier molecular flexibility index (Phi) is 6.00. The van der Waals surface area contributed by atoms with Crippen molar-refractivity contribution >= 4 is 60.7 Å². The zero-order valence-electron chi connectivity index (χ0n) is 24.9. The monoisotopic (exact) mass is 593 g/mol. The van der Waals surface area contributed by atoms with E-state index in [0.29, 0.717) is 0 Å². The maximum atomic E-state index is 14.9. The third-order valence-electron chi connectivity index (χ3n) is 8.93. The third kappa shape index (κ3) is 4.11. The summed E-state index contributed by atoms with van der Waals surface area (Å²) in [6, 6.07) is 57.9. The minimum Gasteiger partial charge on any atom is -0.310 e. The molecule has 218 valence electrons. The molecule has 0 spiro atoms. The Hall–Kier alpha value is -6.13. The van der Waals surface area contributed by atoms with Crippen molar-refractivity contribution in [1.29, 1.82) is 0 Å². The van der Waals surface area contributed by atoms with E-state index >= 15 is 0 Å². The van der Waals surface area contributed by atoms with Crippen LogP contribution in [0.2, 0.25) is 0 Å². The molecule has 0 fully saturated rings. The lowest BCUT2D eigenvalue weighted by Crippen LogP contribution is -2.10. The highest BCUT2D eigenvalue weighted by atomic mass is 19.1. The molecule has 0 saturated carbocycles. The summed E-state index contributed by atoms with van der Waals surface area (Å²) in [4.78, 5) is 2.16. The van der Waals surface area contributed by atoms with Crippen molar-refractivity contribution in [2.45, 2.75) is 0 Å². The summed E-state index contributed by atoms with van der Waals surface area (Å²) in [5.74, 6) is -0.274. The summed E-state index contributed by atoms with van der Waals surface area (Å²) in [5.41, 5.74) is 9.37. The van der Waals surface area contributed by atoms with Gasteiger partial charge in [-0.1, -0.05) is 84.9 Å². The molecule has 0 unspecified atom stereocenters.